The maximum absolute atomic E-state index is 14.6. The lowest BCUT2D eigenvalue weighted by atomic mass is 9.88. The summed E-state index contributed by atoms with van der Waals surface area (Å²) in [6.45, 7) is 6.11. The summed E-state index contributed by atoms with van der Waals surface area (Å²) in [5.41, 5.74) is 4.02. The summed E-state index contributed by atoms with van der Waals surface area (Å²) in [6, 6.07) is 7.53. The lowest BCUT2D eigenvalue weighted by molar-refractivity contribution is -0.140. The van der Waals surface area contributed by atoms with Crippen molar-refractivity contribution in [3.8, 4) is 5.75 Å². The van der Waals surface area contributed by atoms with Gasteiger partial charge in [-0.3, -0.25) is 29.5 Å². The normalized spacial score (nSPS) is 22.5. The van der Waals surface area contributed by atoms with E-state index in [1.807, 2.05) is 12.3 Å². The van der Waals surface area contributed by atoms with E-state index in [1.165, 1.54) is 25.3 Å². The summed E-state index contributed by atoms with van der Waals surface area (Å²) in [4.78, 5) is 70.3. The number of hydrogen-bond donors (Lipinski definition) is 3. The van der Waals surface area contributed by atoms with Crippen LogP contribution in [0.25, 0.3) is 0 Å². The molecule has 1 aliphatic carbocycles. The van der Waals surface area contributed by atoms with Crippen molar-refractivity contribution >= 4 is 52.5 Å². The number of halogens is 2. The molecule has 5 heterocycles. The Hall–Kier alpha value is -5.45. The number of hydrogen-bond acceptors (Lipinski definition) is 12. The molecule has 316 valence electrons. The average molecular weight is 817 g/mol. The van der Waals surface area contributed by atoms with Gasteiger partial charge in [-0.2, -0.15) is 13.8 Å². The van der Waals surface area contributed by atoms with E-state index in [4.69, 9.17) is 4.74 Å². The zero-order chi connectivity index (χ0) is 42.0. The zero-order valence-electron chi connectivity index (χ0n) is 34.4. The van der Waals surface area contributed by atoms with E-state index in [-0.39, 0.29) is 53.7 Å². The number of piperidine rings is 2. The maximum atomic E-state index is 14.6. The first-order valence-electron chi connectivity index (χ1n) is 20.5. The molecule has 1 aromatic carbocycles. The van der Waals surface area contributed by atoms with Crippen LogP contribution in [0.4, 0.5) is 37.6 Å². The van der Waals surface area contributed by atoms with Gasteiger partial charge in [0, 0.05) is 57.3 Å². The predicted molar refractivity (Wildman–Crippen MR) is 220 cm³/mol. The first kappa shape index (κ1) is 41.7. The second kappa shape index (κ2) is 17.4. The third kappa shape index (κ3) is 9.09. The van der Waals surface area contributed by atoms with Crippen LogP contribution < -0.4 is 35.4 Å². The number of alkyl halides is 2. The summed E-state index contributed by atoms with van der Waals surface area (Å²) < 4.78 is 34.8. The van der Waals surface area contributed by atoms with Crippen LogP contribution in [0.5, 0.6) is 5.75 Å². The summed E-state index contributed by atoms with van der Waals surface area (Å²) in [5.74, 6) is -4.65. The van der Waals surface area contributed by atoms with E-state index >= 15 is 0 Å². The molecular weight excluding hydrogens is 763 g/mol. The quantitative estimate of drug-likeness (QED) is 0.227. The van der Waals surface area contributed by atoms with E-state index in [0.717, 1.165) is 80.0 Å². The number of ether oxygens (including phenoxy) is 1. The number of methoxy groups -OCH3 is 1. The molecule has 1 saturated carbocycles. The maximum Gasteiger partial charge on any atom is 0.342 e. The van der Waals surface area contributed by atoms with Crippen LogP contribution >= 0.6 is 0 Å². The Bertz CT molecular complexity index is 2070. The number of anilines is 5. The van der Waals surface area contributed by atoms with Crippen LogP contribution in [0, 0.1) is 12.8 Å². The second-order valence-corrected chi connectivity index (χ2v) is 16.3. The number of benzene rings is 1. The Morgan fingerprint density at radius 1 is 1.02 bits per heavy atom. The Morgan fingerprint density at radius 2 is 1.75 bits per heavy atom. The number of nitrogens with one attached hydrogen (secondary N) is 3. The van der Waals surface area contributed by atoms with Crippen molar-refractivity contribution in [1.29, 1.82) is 0 Å². The predicted octanol–water partition coefficient (Wildman–Crippen LogP) is 4.78. The number of pyridine rings is 1. The van der Waals surface area contributed by atoms with Gasteiger partial charge in [-0.25, -0.2) is 4.98 Å². The highest BCUT2D eigenvalue weighted by atomic mass is 19.3. The molecule has 2 saturated heterocycles. The highest BCUT2D eigenvalue weighted by Gasteiger charge is 2.47. The summed E-state index contributed by atoms with van der Waals surface area (Å²) in [7, 11) is 4.99. The number of carbonyl (C=O) groups excluding carboxylic acids is 4. The van der Waals surface area contributed by atoms with Crippen LogP contribution in [0.15, 0.2) is 36.7 Å². The van der Waals surface area contributed by atoms with E-state index in [2.05, 4.69) is 54.7 Å². The third-order valence-corrected chi connectivity index (χ3v) is 12.4. The van der Waals surface area contributed by atoms with Gasteiger partial charge in [0.2, 0.25) is 17.8 Å². The van der Waals surface area contributed by atoms with E-state index in [0.29, 0.717) is 41.8 Å². The Kier molecular flexibility index (Phi) is 12.3. The minimum atomic E-state index is -3.58. The summed E-state index contributed by atoms with van der Waals surface area (Å²) >= 11 is 0. The van der Waals surface area contributed by atoms with Gasteiger partial charge >= 0.3 is 5.92 Å². The molecule has 4 amide bonds. The molecule has 3 aliphatic heterocycles. The minimum absolute atomic E-state index is 0.0595. The number of amides is 4. The molecule has 15 nitrogen and oxygen atoms in total. The standard InChI is InChI=1S/C42H54F2N10O5/c1-6-53-24-42(43,44)40(58)52(4)34-22-46-41(50-37(34)53)48-31-13-7-27(20-35(31)59-5)38(56)47-28-8-10-29(11-9-28)51(3)23-26-15-17-54(18-16-26)33-21-45-32(19-25(33)2)30-12-14-36(55)49-39(30)57/h7,13,19-22,26,28-30H,6,8-12,14-18,23-24H2,1-5H3,(H,47,56)(H,46,48,50)(H,49,55,57). The molecule has 0 bridgehead atoms. The molecule has 3 N–H and O–H groups in total. The van der Waals surface area contributed by atoms with Crippen molar-refractivity contribution in [3.63, 3.8) is 0 Å². The van der Waals surface area contributed by atoms with Crippen molar-refractivity contribution in [1.82, 2.24) is 30.5 Å². The molecular formula is C42H54F2N10O5. The number of nitrogens with zero attached hydrogens (tertiary/aromatic N) is 7. The molecule has 4 aliphatic rings. The molecule has 7 rings (SSSR count). The smallest absolute Gasteiger partial charge is 0.342 e. The molecule has 1 atom stereocenters. The lowest BCUT2D eigenvalue weighted by Crippen LogP contribution is -2.46. The number of carbonyl (C=O) groups is 4. The lowest BCUT2D eigenvalue weighted by Gasteiger charge is -2.39. The summed E-state index contributed by atoms with van der Waals surface area (Å²) in [5, 5.41) is 8.72. The number of fused-ring (bicyclic) bond motifs is 1. The molecule has 3 aromatic rings. The largest absolute Gasteiger partial charge is 0.495 e. The SMILES string of the molecule is CCN1CC(F)(F)C(=O)N(C)c2cnc(Nc3ccc(C(=O)NC4CCC(N(C)CC5CCN(c6cnc(C7CCC(=O)NC7=O)cc6C)CC5)CC4)cc3OC)nc21. The number of rotatable bonds is 11. The van der Waals surface area contributed by atoms with Gasteiger partial charge in [0.05, 0.1) is 49.0 Å². The van der Waals surface area contributed by atoms with Gasteiger partial charge in [0.1, 0.15) is 11.4 Å². The highest BCUT2D eigenvalue weighted by molar-refractivity contribution is 6.02. The van der Waals surface area contributed by atoms with Gasteiger partial charge in [0.15, 0.2) is 5.82 Å². The van der Waals surface area contributed by atoms with Gasteiger partial charge in [-0.1, -0.05) is 0 Å². The number of imide groups is 1. The average Bonchev–Trinajstić information content (AvgIpc) is 3.29. The Balaban J connectivity index is 0.876. The molecule has 0 spiro atoms. The molecule has 1 unspecified atom stereocenters. The molecule has 59 heavy (non-hydrogen) atoms. The third-order valence-electron chi connectivity index (χ3n) is 12.4. The monoisotopic (exact) mass is 816 g/mol. The Labute approximate surface area is 343 Å². The van der Waals surface area contributed by atoms with Crippen LogP contribution in [0.3, 0.4) is 0 Å². The highest BCUT2D eigenvalue weighted by Crippen LogP contribution is 2.37. The second-order valence-electron chi connectivity index (χ2n) is 16.3. The van der Waals surface area contributed by atoms with E-state index in [9.17, 15) is 28.0 Å². The van der Waals surface area contributed by atoms with Crippen LogP contribution in [0.2, 0.25) is 0 Å². The van der Waals surface area contributed by atoms with Gasteiger partial charge in [0.25, 0.3) is 11.8 Å². The van der Waals surface area contributed by atoms with E-state index < -0.39 is 18.4 Å². The van der Waals surface area contributed by atoms with Gasteiger partial charge < -0.3 is 35.0 Å². The fraction of sp³-hybridized carbons (Fsp3) is 0.548. The van der Waals surface area contributed by atoms with Crippen LogP contribution in [-0.4, -0.2) is 115 Å². The fourth-order valence-electron chi connectivity index (χ4n) is 8.86. The zero-order valence-corrected chi connectivity index (χ0v) is 34.4. The van der Waals surface area contributed by atoms with Crippen molar-refractivity contribution in [3.05, 3.63) is 53.5 Å². The van der Waals surface area contributed by atoms with Crippen LogP contribution in [-0.2, 0) is 14.4 Å². The van der Waals surface area contributed by atoms with Crippen molar-refractivity contribution in [2.24, 2.45) is 5.92 Å². The topological polar surface area (TPSA) is 165 Å². The fourth-order valence-corrected chi connectivity index (χ4v) is 8.86. The first-order chi connectivity index (χ1) is 28.2. The molecule has 2 aromatic heterocycles. The van der Waals surface area contributed by atoms with Gasteiger partial charge in [-0.15, -0.1) is 0 Å². The van der Waals surface area contributed by atoms with E-state index in [1.54, 1.807) is 25.1 Å². The molecule has 3 fully saturated rings. The number of aryl methyl sites for hydroxylation is 1. The van der Waals surface area contributed by atoms with Crippen molar-refractivity contribution < 1.29 is 32.7 Å². The van der Waals surface area contributed by atoms with Crippen molar-refractivity contribution in [2.75, 3.05) is 73.9 Å². The molecule has 0 radical (unpaired) electrons. The van der Waals surface area contributed by atoms with Crippen LogP contribution in [0.1, 0.15) is 85.8 Å². The molecule has 17 heteroatoms. The first-order valence-corrected chi connectivity index (χ1v) is 20.5. The van der Waals surface area contributed by atoms with Gasteiger partial charge in [-0.05, 0) is 102 Å². The number of aromatic nitrogens is 3. The summed E-state index contributed by atoms with van der Waals surface area (Å²) in [6.07, 6.45) is 9.98. The minimum Gasteiger partial charge on any atom is -0.495 e. The Morgan fingerprint density at radius 3 is 2.42 bits per heavy atom. The van der Waals surface area contributed by atoms with Crippen molar-refractivity contribution in [2.45, 2.75) is 89.1 Å².